The molecule has 1 aromatic carbocycles. The van der Waals surface area contributed by atoms with Gasteiger partial charge in [0.2, 0.25) is 5.82 Å². The first kappa shape index (κ1) is 16.3. The highest BCUT2D eigenvalue weighted by atomic mass is 19.4. The first-order valence-corrected chi connectivity index (χ1v) is 7.35. The maximum atomic E-state index is 12.5. The highest BCUT2D eigenvalue weighted by Gasteiger charge is 2.38. The summed E-state index contributed by atoms with van der Waals surface area (Å²) in [4.78, 5) is 18.8. The van der Waals surface area contributed by atoms with Gasteiger partial charge in [-0.25, -0.2) is 4.79 Å². The summed E-state index contributed by atoms with van der Waals surface area (Å²) in [6.07, 6.45) is -3.75. The molecule has 3 rings (SSSR count). The number of carbonyl (C=O) groups is 1. The molecule has 1 saturated heterocycles. The topological polar surface area (TPSA) is 62.5 Å². The third-order valence-corrected chi connectivity index (χ3v) is 3.77. The summed E-state index contributed by atoms with van der Waals surface area (Å²) in [7, 11) is 1.76. The average Bonchev–Trinajstić information content (AvgIpc) is 3.03. The molecule has 2 amide bonds. The van der Waals surface area contributed by atoms with Crippen LogP contribution in [-0.2, 0) is 12.7 Å². The SMILES string of the molecule is CN1CCCN(Cc2ccc(-c3noc(C(F)(F)F)n3)cc2)C1=O. The summed E-state index contributed by atoms with van der Waals surface area (Å²) < 4.78 is 41.6. The minimum atomic E-state index is -4.66. The fraction of sp³-hybridized carbons (Fsp3) is 0.400. The Hall–Kier alpha value is -2.58. The molecule has 2 aromatic rings. The van der Waals surface area contributed by atoms with Crippen LogP contribution in [0.1, 0.15) is 17.9 Å². The van der Waals surface area contributed by atoms with Crippen LogP contribution in [0.15, 0.2) is 28.8 Å². The molecule has 1 fully saturated rings. The molecule has 128 valence electrons. The summed E-state index contributed by atoms with van der Waals surface area (Å²) in [5.41, 5.74) is 1.29. The monoisotopic (exact) mass is 340 g/mol. The van der Waals surface area contributed by atoms with Crippen LogP contribution in [0.25, 0.3) is 11.4 Å². The number of benzene rings is 1. The minimum absolute atomic E-state index is 0.0293. The molecule has 0 bridgehead atoms. The van der Waals surface area contributed by atoms with Gasteiger partial charge in [-0.2, -0.15) is 18.2 Å². The van der Waals surface area contributed by atoms with Crippen molar-refractivity contribution < 1.29 is 22.5 Å². The van der Waals surface area contributed by atoms with Gasteiger partial charge in [-0.1, -0.05) is 29.4 Å². The quantitative estimate of drug-likeness (QED) is 0.862. The standard InChI is InChI=1S/C15H15F3N4O2/c1-21-7-2-8-22(14(21)23)9-10-3-5-11(6-4-10)12-19-13(24-20-12)15(16,17)18/h3-6H,2,7-9H2,1H3. The second kappa shape index (κ2) is 6.14. The zero-order chi connectivity index (χ0) is 17.3. The summed E-state index contributed by atoms with van der Waals surface area (Å²) >= 11 is 0. The maximum absolute atomic E-state index is 12.5. The van der Waals surface area contributed by atoms with Gasteiger partial charge in [0.05, 0.1) is 0 Å². The third-order valence-electron chi connectivity index (χ3n) is 3.77. The van der Waals surface area contributed by atoms with Crippen LogP contribution < -0.4 is 0 Å². The lowest BCUT2D eigenvalue weighted by molar-refractivity contribution is -0.159. The number of hydrogen-bond acceptors (Lipinski definition) is 4. The van der Waals surface area contributed by atoms with Gasteiger partial charge in [-0.15, -0.1) is 0 Å². The molecular weight excluding hydrogens is 325 g/mol. The number of aromatic nitrogens is 2. The summed E-state index contributed by atoms with van der Waals surface area (Å²) in [6.45, 7) is 1.88. The van der Waals surface area contributed by atoms with Crippen molar-refractivity contribution in [2.45, 2.75) is 19.1 Å². The van der Waals surface area contributed by atoms with E-state index in [1.807, 2.05) is 0 Å². The Labute approximate surface area is 135 Å². The molecule has 1 aliphatic heterocycles. The molecule has 0 N–H and O–H groups in total. The number of urea groups is 1. The normalized spacial score (nSPS) is 15.9. The van der Waals surface area contributed by atoms with Crippen LogP contribution in [0.2, 0.25) is 0 Å². The zero-order valence-corrected chi connectivity index (χ0v) is 12.9. The van der Waals surface area contributed by atoms with Gasteiger partial charge >= 0.3 is 18.1 Å². The van der Waals surface area contributed by atoms with Gasteiger partial charge in [-0.05, 0) is 12.0 Å². The Kier molecular flexibility index (Phi) is 4.16. The van der Waals surface area contributed by atoms with E-state index in [9.17, 15) is 18.0 Å². The predicted molar refractivity (Wildman–Crippen MR) is 77.8 cm³/mol. The van der Waals surface area contributed by atoms with Crippen molar-refractivity contribution in [3.63, 3.8) is 0 Å². The molecule has 0 saturated carbocycles. The van der Waals surface area contributed by atoms with Crippen molar-refractivity contribution in [2.24, 2.45) is 0 Å². The Balaban J connectivity index is 1.71. The van der Waals surface area contributed by atoms with Gasteiger partial charge < -0.3 is 14.3 Å². The van der Waals surface area contributed by atoms with E-state index in [2.05, 4.69) is 14.7 Å². The van der Waals surface area contributed by atoms with Crippen molar-refractivity contribution >= 4 is 6.03 Å². The van der Waals surface area contributed by atoms with E-state index < -0.39 is 12.1 Å². The van der Waals surface area contributed by atoms with E-state index in [-0.39, 0.29) is 11.9 Å². The first-order chi connectivity index (χ1) is 11.3. The number of hydrogen-bond donors (Lipinski definition) is 0. The lowest BCUT2D eigenvalue weighted by atomic mass is 10.1. The minimum Gasteiger partial charge on any atom is -0.329 e. The molecule has 0 atom stereocenters. The fourth-order valence-corrected chi connectivity index (χ4v) is 2.51. The van der Waals surface area contributed by atoms with Crippen LogP contribution in [0, 0.1) is 0 Å². The molecule has 24 heavy (non-hydrogen) atoms. The Bertz CT molecular complexity index is 727. The molecule has 1 aliphatic rings. The van der Waals surface area contributed by atoms with Crippen LogP contribution in [-0.4, -0.2) is 46.1 Å². The number of halogens is 3. The van der Waals surface area contributed by atoms with Crippen LogP contribution in [0.4, 0.5) is 18.0 Å². The lowest BCUT2D eigenvalue weighted by Crippen LogP contribution is -2.46. The van der Waals surface area contributed by atoms with E-state index in [0.717, 1.165) is 18.5 Å². The van der Waals surface area contributed by atoms with E-state index in [0.29, 0.717) is 18.7 Å². The number of nitrogens with zero attached hydrogens (tertiary/aromatic N) is 4. The van der Waals surface area contributed by atoms with Gasteiger partial charge in [-0.3, -0.25) is 0 Å². The number of carbonyl (C=O) groups excluding carboxylic acids is 1. The molecule has 2 heterocycles. The molecule has 0 aliphatic carbocycles. The smallest absolute Gasteiger partial charge is 0.329 e. The molecule has 1 aromatic heterocycles. The summed E-state index contributed by atoms with van der Waals surface area (Å²) in [6, 6.07) is 6.66. The first-order valence-electron chi connectivity index (χ1n) is 7.35. The highest BCUT2D eigenvalue weighted by molar-refractivity contribution is 5.74. The van der Waals surface area contributed by atoms with Crippen LogP contribution in [0.3, 0.4) is 0 Å². The van der Waals surface area contributed by atoms with Crippen molar-refractivity contribution in [3.8, 4) is 11.4 Å². The van der Waals surface area contributed by atoms with Crippen molar-refractivity contribution in [1.82, 2.24) is 19.9 Å². The van der Waals surface area contributed by atoms with E-state index in [1.54, 1.807) is 41.1 Å². The molecular formula is C15H15F3N4O2. The number of rotatable bonds is 3. The second-order valence-electron chi connectivity index (χ2n) is 5.60. The van der Waals surface area contributed by atoms with Gasteiger partial charge in [0, 0.05) is 32.2 Å². The number of amides is 2. The number of alkyl halides is 3. The Morgan fingerprint density at radius 2 is 1.92 bits per heavy atom. The van der Waals surface area contributed by atoms with Crippen LogP contribution >= 0.6 is 0 Å². The highest BCUT2D eigenvalue weighted by Crippen LogP contribution is 2.29. The Morgan fingerprint density at radius 1 is 1.21 bits per heavy atom. The van der Waals surface area contributed by atoms with Crippen molar-refractivity contribution in [2.75, 3.05) is 20.1 Å². The van der Waals surface area contributed by atoms with Crippen molar-refractivity contribution in [3.05, 3.63) is 35.7 Å². The van der Waals surface area contributed by atoms with E-state index in [1.165, 1.54) is 0 Å². The van der Waals surface area contributed by atoms with E-state index >= 15 is 0 Å². The summed E-state index contributed by atoms with van der Waals surface area (Å²) in [5, 5.41) is 3.34. The van der Waals surface area contributed by atoms with Crippen LogP contribution in [0.5, 0.6) is 0 Å². The maximum Gasteiger partial charge on any atom is 0.471 e. The van der Waals surface area contributed by atoms with E-state index in [4.69, 9.17) is 0 Å². The molecule has 0 unspecified atom stereocenters. The summed E-state index contributed by atoms with van der Waals surface area (Å²) in [5.74, 6) is -1.49. The zero-order valence-electron chi connectivity index (χ0n) is 12.9. The van der Waals surface area contributed by atoms with Gasteiger partial charge in [0.15, 0.2) is 0 Å². The molecule has 9 heteroatoms. The molecule has 6 nitrogen and oxygen atoms in total. The molecule has 0 spiro atoms. The fourth-order valence-electron chi connectivity index (χ4n) is 2.51. The second-order valence-corrected chi connectivity index (χ2v) is 5.60. The third kappa shape index (κ3) is 3.34. The average molecular weight is 340 g/mol. The largest absolute Gasteiger partial charge is 0.471 e. The lowest BCUT2D eigenvalue weighted by Gasteiger charge is -2.33. The van der Waals surface area contributed by atoms with Gasteiger partial charge in [0.1, 0.15) is 0 Å². The van der Waals surface area contributed by atoms with Gasteiger partial charge in [0.25, 0.3) is 0 Å². The predicted octanol–water partition coefficient (Wildman–Crippen LogP) is 3.01. The van der Waals surface area contributed by atoms with Crippen molar-refractivity contribution in [1.29, 1.82) is 0 Å². The Morgan fingerprint density at radius 3 is 2.54 bits per heavy atom. The molecule has 0 radical (unpaired) electrons.